The van der Waals surface area contributed by atoms with Gasteiger partial charge in [-0.25, -0.2) is 0 Å². The van der Waals surface area contributed by atoms with Gasteiger partial charge in [0.1, 0.15) is 5.02 Å². The lowest BCUT2D eigenvalue weighted by Gasteiger charge is -1.88. The molecule has 0 amide bonds. The minimum atomic E-state index is 0. The van der Waals surface area contributed by atoms with Crippen molar-refractivity contribution in [1.82, 2.24) is 0 Å². The van der Waals surface area contributed by atoms with Gasteiger partial charge in [0.2, 0.25) is 0 Å². The van der Waals surface area contributed by atoms with Crippen LogP contribution >= 0.6 is 24.0 Å². The third-order valence-electron chi connectivity index (χ3n) is 1.32. The van der Waals surface area contributed by atoms with Gasteiger partial charge >= 0.3 is 5.69 Å². The van der Waals surface area contributed by atoms with E-state index in [0.29, 0.717) is 10.7 Å². The average molecular weight is 225 g/mol. The van der Waals surface area contributed by atoms with Crippen LogP contribution in [-0.2, 0) is 0 Å². The van der Waals surface area contributed by atoms with E-state index in [9.17, 15) is 0 Å². The fourth-order valence-electron chi connectivity index (χ4n) is 0.787. The summed E-state index contributed by atoms with van der Waals surface area (Å²) in [6.07, 6.45) is 0. The van der Waals surface area contributed by atoms with Crippen LogP contribution in [0.15, 0.2) is 18.2 Å². The molecule has 0 heterocycles. The van der Waals surface area contributed by atoms with Crippen LogP contribution in [0.4, 0.5) is 5.69 Å². The Bertz CT molecular complexity index is 271. The number of para-hydroxylation sites is 1. The Kier molecular flexibility index (Phi) is 7.22. The van der Waals surface area contributed by atoms with Gasteiger partial charge in [-0.1, -0.05) is 23.7 Å². The zero-order chi connectivity index (χ0) is 7.56. The molecule has 1 aromatic carbocycles. The van der Waals surface area contributed by atoms with Crippen molar-refractivity contribution < 1.29 is 12.4 Å². The highest BCUT2D eigenvalue weighted by molar-refractivity contribution is 6.33. The third kappa shape index (κ3) is 2.91. The molecular formula is C8H8Cl3N. The molecule has 1 aromatic rings. The van der Waals surface area contributed by atoms with Crippen LogP contribution in [0.25, 0.3) is 4.85 Å². The highest BCUT2D eigenvalue weighted by Crippen LogP contribution is 2.27. The van der Waals surface area contributed by atoms with Crippen LogP contribution in [-0.4, -0.2) is 0 Å². The molecule has 0 aliphatic heterocycles. The smallest absolute Gasteiger partial charge is 0.361 e. The van der Waals surface area contributed by atoms with Gasteiger partial charge in [-0.3, -0.25) is 0 Å². The largest absolute Gasteiger partial charge is 1.00 e. The molecule has 0 saturated carbocycles. The molecule has 0 aromatic heterocycles. The maximum Gasteiger partial charge on any atom is 0.361 e. The first-order chi connectivity index (χ1) is 4.75. The maximum atomic E-state index is 5.76. The van der Waals surface area contributed by atoms with Gasteiger partial charge in [-0.05, 0) is 17.8 Å². The average Bonchev–Trinajstić information content (AvgIpc) is 1.88. The normalized spacial score (nSPS) is 7.42. The Morgan fingerprint density at radius 1 is 1.42 bits per heavy atom. The molecule has 66 valence electrons. The van der Waals surface area contributed by atoms with E-state index in [1.54, 1.807) is 6.07 Å². The van der Waals surface area contributed by atoms with Gasteiger partial charge in [0.05, 0.1) is 0 Å². The van der Waals surface area contributed by atoms with Gasteiger partial charge < -0.3 is 12.4 Å². The van der Waals surface area contributed by atoms with Crippen molar-refractivity contribution in [2.45, 2.75) is 6.92 Å². The van der Waals surface area contributed by atoms with Gasteiger partial charge in [0, 0.05) is 5.56 Å². The van der Waals surface area contributed by atoms with Crippen molar-refractivity contribution in [3.8, 4) is 6.57 Å². The van der Waals surface area contributed by atoms with Crippen LogP contribution < -0.4 is 12.4 Å². The second-order valence-electron chi connectivity index (χ2n) is 2.03. The van der Waals surface area contributed by atoms with Crippen molar-refractivity contribution in [3.63, 3.8) is 0 Å². The summed E-state index contributed by atoms with van der Waals surface area (Å²) in [7, 11) is 0. The molecule has 0 spiro atoms. The summed E-state index contributed by atoms with van der Waals surface area (Å²) < 4.78 is 0. The zero-order valence-corrected chi connectivity index (χ0v) is 8.75. The van der Waals surface area contributed by atoms with Crippen LogP contribution in [0.3, 0.4) is 0 Å². The molecule has 0 aliphatic rings. The minimum Gasteiger partial charge on any atom is -1.00 e. The molecule has 1 rings (SSSR count). The summed E-state index contributed by atoms with van der Waals surface area (Å²) in [4.78, 5) is 3.54. The Balaban J connectivity index is 0. The topological polar surface area (TPSA) is 4.36 Å². The molecule has 0 saturated heterocycles. The van der Waals surface area contributed by atoms with E-state index in [1.807, 2.05) is 19.1 Å². The van der Waals surface area contributed by atoms with Crippen molar-refractivity contribution in [2.75, 3.05) is 0 Å². The van der Waals surface area contributed by atoms with E-state index < -0.39 is 0 Å². The first kappa shape index (κ1) is 14.1. The first-order valence-corrected chi connectivity index (χ1v) is 3.29. The van der Waals surface area contributed by atoms with Crippen LogP contribution in [0.5, 0.6) is 0 Å². The number of rotatable bonds is 0. The summed E-state index contributed by atoms with van der Waals surface area (Å²) in [6, 6.07) is 5.55. The van der Waals surface area contributed by atoms with Gasteiger partial charge in [-0.2, -0.15) is 0 Å². The molecule has 0 radical (unpaired) electrons. The molecule has 0 fully saturated rings. The van der Waals surface area contributed by atoms with Crippen molar-refractivity contribution in [2.24, 2.45) is 0 Å². The molecule has 1 nitrogen and oxygen atoms in total. The van der Waals surface area contributed by atoms with Crippen LogP contribution in [0.1, 0.15) is 5.56 Å². The second-order valence-corrected chi connectivity index (χ2v) is 2.44. The Morgan fingerprint density at radius 2 is 2.00 bits per heavy atom. The van der Waals surface area contributed by atoms with Gasteiger partial charge in [0.25, 0.3) is 6.57 Å². The highest BCUT2D eigenvalue weighted by Gasteiger charge is 2.10. The SMILES string of the molecule is C#[N+]c1c(C)cccc1Cl.Cl.[Cl-]. The van der Waals surface area contributed by atoms with Crippen molar-refractivity contribution >= 4 is 29.7 Å². The lowest BCUT2D eigenvalue weighted by atomic mass is 10.2. The number of halogens is 3. The van der Waals surface area contributed by atoms with E-state index in [2.05, 4.69) is 4.85 Å². The van der Waals surface area contributed by atoms with Crippen LogP contribution in [0, 0.1) is 13.5 Å². The summed E-state index contributed by atoms with van der Waals surface area (Å²) >= 11 is 5.76. The third-order valence-corrected chi connectivity index (χ3v) is 1.62. The number of benzene rings is 1. The Hall–Kier alpha value is -0.420. The lowest BCUT2D eigenvalue weighted by molar-refractivity contribution is -0.00000215. The minimum absolute atomic E-state index is 0. The van der Waals surface area contributed by atoms with E-state index in [0.717, 1.165) is 5.56 Å². The van der Waals surface area contributed by atoms with E-state index in [4.69, 9.17) is 18.2 Å². The number of hydrogen-bond donors (Lipinski definition) is 0. The Labute approximate surface area is 89.4 Å². The quantitative estimate of drug-likeness (QED) is 0.610. The molecule has 0 bridgehead atoms. The number of aryl methyl sites for hydroxylation is 1. The monoisotopic (exact) mass is 223 g/mol. The maximum absolute atomic E-state index is 5.76. The highest BCUT2D eigenvalue weighted by atomic mass is 35.5. The molecule has 4 heteroatoms. The molecule has 0 aliphatic carbocycles. The van der Waals surface area contributed by atoms with Gasteiger partial charge in [-0.15, -0.1) is 12.4 Å². The molecule has 12 heavy (non-hydrogen) atoms. The second kappa shape index (κ2) is 6.14. The summed E-state index contributed by atoms with van der Waals surface area (Å²) in [5, 5.41) is 0.600. The van der Waals surface area contributed by atoms with E-state index in [-0.39, 0.29) is 24.8 Å². The summed E-state index contributed by atoms with van der Waals surface area (Å²) in [6.45, 7) is 7.01. The predicted molar refractivity (Wildman–Crippen MR) is 51.4 cm³/mol. The van der Waals surface area contributed by atoms with Gasteiger partial charge in [0.15, 0.2) is 0 Å². The molecule has 0 unspecified atom stereocenters. The summed E-state index contributed by atoms with van der Waals surface area (Å²) in [5.74, 6) is 0. The van der Waals surface area contributed by atoms with E-state index >= 15 is 0 Å². The fraction of sp³-hybridized carbons (Fsp3) is 0.125. The zero-order valence-electron chi connectivity index (χ0n) is 6.42. The Morgan fingerprint density at radius 3 is 2.33 bits per heavy atom. The molecule has 0 atom stereocenters. The van der Waals surface area contributed by atoms with Crippen LogP contribution in [0.2, 0.25) is 5.02 Å². The van der Waals surface area contributed by atoms with Crippen molar-refractivity contribution in [1.29, 1.82) is 0 Å². The van der Waals surface area contributed by atoms with E-state index in [1.165, 1.54) is 0 Å². The summed E-state index contributed by atoms with van der Waals surface area (Å²) in [5.41, 5.74) is 1.67. The predicted octanol–water partition coefficient (Wildman–Crippen LogP) is 0.668. The van der Waals surface area contributed by atoms with Crippen molar-refractivity contribution in [3.05, 3.63) is 33.6 Å². The molecular weight excluding hydrogens is 216 g/mol. The number of nitrogens with zero attached hydrogens (tertiary/aromatic N) is 1. The number of hydrogen-bond acceptors (Lipinski definition) is 0. The molecule has 0 N–H and O–H groups in total. The first-order valence-electron chi connectivity index (χ1n) is 2.91. The standard InChI is InChI=1S/C8H7ClN.2ClH/c1-6-4-3-5-7(9)8(6)10-2;;/h2-5H,1H3;2*1H/q+1;;/p-1. The fourth-order valence-corrected chi connectivity index (χ4v) is 1.06. The lowest BCUT2D eigenvalue weighted by Crippen LogP contribution is -3.00.